The van der Waals surface area contributed by atoms with Crippen molar-refractivity contribution >= 4 is 0 Å². The van der Waals surface area contributed by atoms with E-state index < -0.39 is 5.82 Å². The molecule has 2 nitrogen and oxygen atoms in total. The van der Waals surface area contributed by atoms with E-state index in [1.807, 2.05) is 26.0 Å². The third-order valence-electron chi connectivity index (χ3n) is 2.94. The van der Waals surface area contributed by atoms with Gasteiger partial charge in [0.15, 0.2) is 11.6 Å². The van der Waals surface area contributed by atoms with Crippen molar-refractivity contribution in [2.24, 2.45) is 5.73 Å². The topological polar surface area (TPSA) is 35.2 Å². The maximum absolute atomic E-state index is 13.8. The predicted octanol–water partition coefficient (Wildman–Crippen LogP) is 3.33. The number of aryl methyl sites for hydroxylation is 2. The molecule has 0 heterocycles. The van der Waals surface area contributed by atoms with Crippen LogP contribution in [0.15, 0.2) is 36.4 Å². The molecule has 0 spiro atoms. The summed E-state index contributed by atoms with van der Waals surface area (Å²) < 4.78 is 19.3. The molecule has 0 saturated carbocycles. The van der Waals surface area contributed by atoms with Crippen LogP contribution in [-0.2, 0) is 6.61 Å². The molecular formula is C18H18FNO. The normalized spacial score (nSPS) is 9.90. The summed E-state index contributed by atoms with van der Waals surface area (Å²) in [5.74, 6) is 5.42. The number of nitrogens with two attached hydrogens (primary N) is 1. The lowest BCUT2D eigenvalue weighted by atomic mass is 10.1. The Hall–Kier alpha value is -2.31. The van der Waals surface area contributed by atoms with Gasteiger partial charge in [0.1, 0.15) is 6.61 Å². The van der Waals surface area contributed by atoms with E-state index >= 15 is 0 Å². The second kappa shape index (κ2) is 6.92. The molecule has 0 aliphatic heterocycles. The minimum Gasteiger partial charge on any atom is -0.486 e. The van der Waals surface area contributed by atoms with Crippen LogP contribution in [0.1, 0.15) is 22.3 Å². The fraction of sp³-hybridized carbons (Fsp3) is 0.222. The quantitative estimate of drug-likeness (QED) is 0.877. The second-order valence-corrected chi connectivity index (χ2v) is 4.94. The summed E-state index contributed by atoms with van der Waals surface area (Å²) in [4.78, 5) is 0. The number of benzene rings is 2. The van der Waals surface area contributed by atoms with Crippen molar-refractivity contribution in [3.8, 4) is 17.6 Å². The molecule has 0 bridgehead atoms. The molecule has 0 aromatic heterocycles. The number of ether oxygens (including phenoxy) is 1. The van der Waals surface area contributed by atoms with Crippen molar-refractivity contribution in [3.63, 3.8) is 0 Å². The van der Waals surface area contributed by atoms with Crippen LogP contribution in [0, 0.1) is 31.5 Å². The highest BCUT2D eigenvalue weighted by Crippen LogP contribution is 2.20. The van der Waals surface area contributed by atoms with E-state index in [1.54, 1.807) is 12.1 Å². The Morgan fingerprint density at radius 3 is 2.48 bits per heavy atom. The van der Waals surface area contributed by atoms with Gasteiger partial charge in [0, 0.05) is 5.56 Å². The summed E-state index contributed by atoms with van der Waals surface area (Å²) in [7, 11) is 0. The van der Waals surface area contributed by atoms with Crippen molar-refractivity contribution in [2.75, 3.05) is 6.54 Å². The standard InChI is InChI=1S/C18H18FNO/c1-13-8-14(2)10-16(9-13)12-21-18-11-15(4-3-7-20)5-6-17(18)19/h5-6,8-11H,7,12,20H2,1-2H3. The lowest BCUT2D eigenvalue weighted by molar-refractivity contribution is 0.290. The van der Waals surface area contributed by atoms with E-state index in [1.165, 1.54) is 6.07 Å². The SMILES string of the molecule is Cc1cc(C)cc(COc2cc(C#CCN)ccc2F)c1. The van der Waals surface area contributed by atoms with Gasteiger partial charge < -0.3 is 10.5 Å². The first kappa shape index (κ1) is 15.1. The van der Waals surface area contributed by atoms with Gasteiger partial charge in [0.2, 0.25) is 0 Å². The molecule has 108 valence electrons. The summed E-state index contributed by atoms with van der Waals surface area (Å²) in [6, 6.07) is 10.7. The van der Waals surface area contributed by atoms with Gasteiger partial charge >= 0.3 is 0 Å². The molecule has 2 aromatic carbocycles. The Morgan fingerprint density at radius 2 is 1.81 bits per heavy atom. The zero-order valence-corrected chi connectivity index (χ0v) is 12.2. The average Bonchev–Trinajstić information content (AvgIpc) is 2.44. The number of halogens is 1. The number of hydrogen-bond donors (Lipinski definition) is 1. The minimum absolute atomic E-state index is 0.206. The van der Waals surface area contributed by atoms with Gasteiger partial charge in [-0.25, -0.2) is 4.39 Å². The third kappa shape index (κ3) is 4.34. The van der Waals surface area contributed by atoms with Gasteiger partial charge in [-0.1, -0.05) is 41.2 Å². The highest BCUT2D eigenvalue weighted by atomic mass is 19.1. The fourth-order valence-electron chi connectivity index (χ4n) is 2.16. The second-order valence-electron chi connectivity index (χ2n) is 4.94. The van der Waals surface area contributed by atoms with Crippen molar-refractivity contribution in [2.45, 2.75) is 20.5 Å². The van der Waals surface area contributed by atoms with Crippen LogP contribution in [0.2, 0.25) is 0 Å². The van der Waals surface area contributed by atoms with Crippen LogP contribution < -0.4 is 10.5 Å². The molecule has 2 rings (SSSR count). The minimum atomic E-state index is -0.391. The average molecular weight is 283 g/mol. The van der Waals surface area contributed by atoms with E-state index in [-0.39, 0.29) is 12.3 Å². The summed E-state index contributed by atoms with van der Waals surface area (Å²) in [5, 5.41) is 0. The maximum atomic E-state index is 13.8. The summed E-state index contributed by atoms with van der Waals surface area (Å²) in [6.45, 7) is 4.66. The third-order valence-corrected chi connectivity index (χ3v) is 2.94. The molecule has 21 heavy (non-hydrogen) atoms. The highest BCUT2D eigenvalue weighted by molar-refractivity contribution is 5.41. The summed E-state index contributed by atoms with van der Waals surface area (Å²) in [6.07, 6.45) is 0. The van der Waals surface area contributed by atoms with E-state index in [0.717, 1.165) is 16.7 Å². The lowest BCUT2D eigenvalue weighted by Gasteiger charge is -2.09. The Balaban J connectivity index is 2.15. The largest absolute Gasteiger partial charge is 0.486 e. The van der Waals surface area contributed by atoms with Crippen molar-refractivity contribution < 1.29 is 9.13 Å². The van der Waals surface area contributed by atoms with Crippen LogP contribution in [0.5, 0.6) is 5.75 Å². The van der Waals surface area contributed by atoms with Gasteiger partial charge in [-0.3, -0.25) is 0 Å². The van der Waals surface area contributed by atoms with E-state index in [9.17, 15) is 4.39 Å². The molecule has 0 saturated heterocycles. The predicted molar refractivity (Wildman–Crippen MR) is 82.6 cm³/mol. The molecule has 0 unspecified atom stereocenters. The Bertz CT molecular complexity index is 678. The zero-order valence-electron chi connectivity index (χ0n) is 12.2. The Morgan fingerprint density at radius 1 is 1.10 bits per heavy atom. The fourth-order valence-corrected chi connectivity index (χ4v) is 2.16. The van der Waals surface area contributed by atoms with Crippen molar-refractivity contribution in [1.29, 1.82) is 0 Å². The lowest BCUT2D eigenvalue weighted by Crippen LogP contribution is -1.99. The number of hydrogen-bond acceptors (Lipinski definition) is 2. The molecule has 0 amide bonds. The van der Waals surface area contributed by atoms with Gasteiger partial charge in [0.25, 0.3) is 0 Å². The Kier molecular flexibility index (Phi) is 4.97. The summed E-state index contributed by atoms with van der Waals surface area (Å²) in [5.41, 5.74) is 9.37. The summed E-state index contributed by atoms with van der Waals surface area (Å²) >= 11 is 0. The van der Waals surface area contributed by atoms with Crippen molar-refractivity contribution in [1.82, 2.24) is 0 Å². The molecule has 2 aromatic rings. The van der Waals surface area contributed by atoms with Crippen molar-refractivity contribution in [3.05, 3.63) is 64.5 Å². The molecule has 0 atom stereocenters. The molecule has 0 aliphatic carbocycles. The maximum Gasteiger partial charge on any atom is 0.165 e. The van der Waals surface area contributed by atoms with Crippen LogP contribution in [0.3, 0.4) is 0 Å². The molecule has 0 fully saturated rings. The first-order valence-corrected chi connectivity index (χ1v) is 6.77. The first-order valence-electron chi connectivity index (χ1n) is 6.77. The highest BCUT2D eigenvalue weighted by Gasteiger charge is 2.05. The monoisotopic (exact) mass is 283 g/mol. The van der Waals surface area contributed by atoms with Gasteiger partial charge in [0.05, 0.1) is 6.54 Å². The van der Waals surface area contributed by atoms with Gasteiger partial charge in [-0.2, -0.15) is 0 Å². The molecule has 0 radical (unpaired) electrons. The van der Waals surface area contributed by atoms with Crippen LogP contribution in [0.25, 0.3) is 0 Å². The van der Waals surface area contributed by atoms with Crippen LogP contribution in [0.4, 0.5) is 4.39 Å². The van der Waals surface area contributed by atoms with E-state index in [0.29, 0.717) is 12.2 Å². The molecule has 2 N–H and O–H groups in total. The van der Waals surface area contributed by atoms with E-state index in [2.05, 4.69) is 17.9 Å². The van der Waals surface area contributed by atoms with Gasteiger partial charge in [-0.05, 0) is 37.6 Å². The van der Waals surface area contributed by atoms with Crippen LogP contribution >= 0.6 is 0 Å². The van der Waals surface area contributed by atoms with E-state index in [4.69, 9.17) is 10.5 Å². The molecular weight excluding hydrogens is 265 g/mol. The Labute approximate surface area is 124 Å². The zero-order chi connectivity index (χ0) is 15.2. The smallest absolute Gasteiger partial charge is 0.165 e. The number of rotatable bonds is 3. The van der Waals surface area contributed by atoms with Gasteiger partial charge in [-0.15, -0.1) is 0 Å². The first-order chi connectivity index (χ1) is 10.1. The van der Waals surface area contributed by atoms with Crippen LogP contribution in [-0.4, -0.2) is 6.54 Å². The molecule has 0 aliphatic rings. The molecule has 3 heteroatoms.